The van der Waals surface area contributed by atoms with Crippen LogP contribution in [0, 0.1) is 5.41 Å². The van der Waals surface area contributed by atoms with E-state index in [0.29, 0.717) is 13.1 Å². The predicted octanol–water partition coefficient (Wildman–Crippen LogP) is 2.14. The van der Waals surface area contributed by atoms with Gasteiger partial charge in [-0.05, 0) is 35.8 Å². The van der Waals surface area contributed by atoms with Gasteiger partial charge in [0.15, 0.2) is 0 Å². The van der Waals surface area contributed by atoms with E-state index < -0.39 is 10.0 Å². The van der Waals surface area contributed by atoms with Crippen LogP contribution in [-0.4, -0.2) is 15.0 Å². The lowest BCUT2D eigenvalue weighted by atomic mass is 10.0. The summed E-state index contributed by atoms with van der Waals surface area (Å²) in [5, 5.41) is 0. The van der Waals surface area contributed by atoms with Gasteiger partial charge in [-0.25, -0.2) is 13.1 Å². The first-order valence-corrected chi connectivity index (χ1v) is 8.89. The van der Waals surface area contributed by atoms with Crippen molar-refractivity contribution in [1.29, 1.82) is 0 Å². The maximum absolute atomic E-state index is 12.1. The zero-order chi connectivity index (χ0) is 14.6. The zero-order valence-corrected chi connectivity index (χ0v) is 12.9. The number of hydrogen-bond donors (Lipinski definition) is 2. The Hall–Kier alpha value is -0.910. The van der Waals surface area contributed by atoms with E-state index >= 15 is 0 Å². The van der Waals surface area contributed by atoms with Crippen LogP contribution < -0.4 is 10.5 Å². The number of nitrogens with one attached hydrogen (secondary N) is 1. The van der Waals surface area contributed by atoms with Crippen LogP contribution >= 0.6 is 0 Å². The van der Waals surface area contributed by atoms with Crippen LogP contribution in [0.15, 0.2) is 24.3 Å². The van der Waals surface area contributed by atoms with Crippen LogP contribution in [0.25, 0.3) is 0 Å². The number of hydrogen-bond acceptors (Lipinski definition) is 3. The van der Waals surface area contributed by atoms with Gasteiger partial charge in [0.2, 0.25) is 10.0 Å². The topological polar surface area (TPSA) is 72.2 Å². The zero-order valence-electron chi connectivity index (χ0n) is 12.1. The highest BCUT2D eigenvalue weighted by molar-refractivity contribution is 7.88. The van der Waals surface area contributed by atoms with Crippen molar-refractivity contribution in [1.82, 2.24) is 4.72 Å². The maximum atomic E-state index is 12.1. The van der Waals surface area contributed by atoms with Gasteiger partial charge in [-0.15, -0.1) is 0 Å². The Morgan fingerprint density at radius 3 is 2.30 bits per heavy atom. The maximum Gasteiger partial charge on any atom is 0.215 e. The van der Waals surface area contributed by atoms with Gasteiger partial charge in [-0.3, -0.25) is 0 Å². The molecule has 1 aliphatic carbocycles. The molecule has 2 rings (SSSR count). The summed E-state index contributed by atoms with van der Waals surface area (Å²) in [6, 6.07) is 7.43. The summed E-state index contributed by atoms with van der Waals surface area (Å²) < 4.78 is 27.0. The van der Waals surface area contributed by atoms with E-state index in [1.54, 1.807) is 0 Å². The summed E-state index contributed by atoms with van der Waals surface area (Å²) in [6.45, 7) is 3.21. The molecule has 1 saturated carbocycles. The Labute approximate surface area is 121 Å². The quantitative estimate of drug-likeness (QED) is 0.772. The Balaban J connectivity index is 1.90. The molecule has 0 radical (unpaired) electrons. The van der Waals surface area contributed by atoms with Crippen LogP contribution in [0.1, 0.15) is 43.7 Å². The van der Waals surface area contributed by atoms with Crippen molar-refractivity contribution in [3.63, 3.8) is 0 Å². The molecule has 0 saturated heterocycles. The van der Waals surface area contributed by atoms with Crippen molar-refractivity contribution in [2.24, 2.45) is 11.1 Å². The fraction of sp³-hybridized carbons (Fsp3) is 0.600. The molecule has 1 aromatic rings. The molecule has 0 bridgehead atoms. The molecule has 1 fully saturated rings. The molecule has 0 atom stereocenters. The molecule has 5 heteroatoms. The molecule has 112 valence electrons. The third-order valence-electron chi connectivity index (χ3n) is 4.02. The van der Waals surface area contributed by atoms with Gasteiger partial charge >= 0.3 is 0 Å². The highest BCUT2D eigenvalue weighted by Crippen LogP contribution is 2.49. The minimum Gasteiger partial charge on any atom is -0.326 e. The van der Waals surface area contributed by atoms with Gasteiger partial charge in [-0.2, -0.15) is 0 Å². The molecule has 0 aliphatic heterocycles. The molecule has 4 nitrogen and oxygen atoms in total. The molecule has 0 spiro atoms. The SMILES string of the molecule is CCCC1(CNS(=O)(=O)Cc2ccc(CN)cc2)CC1. The van der Waals surface area contributed by atoms with Crippen molar-refractivity contribution in [3.8, 4) is 0 Å². The number of nitrogens with two attached hydrogens (primary N) is 1. The Bertz CT molecular complexity index is 533. The van der Waals surface area contributed by atoms with E-state index in [0.717, 1.165) is 36.8 Å². The summed E-state index contributed by atoms with van der Waals surface area (Å²) in [5.74, 6) is 0.0417. The molecule has 1 aromatic carbocycles. The summed E-state index contributed by atoms with van der Waals surface area (Å²) in [4.78, 5) is 0. The second kappa shape index (κ2) is 6.24. The molecular formula is C15H24N2O2S. The molecule has 1 aliphatic rings. The Kier molecular flexibility index (Phi) is 4.83. The average molecular weight is 296 g/mol. The van der Waals surface area contributed by atoms with Crippen LogP contribution in [-0.2, 0) is 22.3 Å². The third-order valence-corrected chi connectivity index (χ3v) is 5.32. The first-order valence-electron chi connectivity index (χ1n) is 7.24. The summed E-state index contributed by atoms with van der Waals surface area (Å²) in [7, 11) is -3.25. The van der Waals surface area contributed by atoms with Crippen LogP contribution in [0.5, 0.6) is 0 Å². The second-order valence-electron chi connectivity index (χ2n) is 5.85. The molecule has 0 unspecified atom stereocenters. The standard InChI is InChI=1S/C15H24N2O2S/c1-2-7-15(8-9-15)12-17-20(18,19)11-14-5-3-13(10-16)4-6-14/h3-6,17H,2,7-12,16H2,1H3. The van der Waals surface area contributed by atoms with Crippen LogP contribution in [0.3, 0.4) is 0 Å². The van der Waals surface area contributed by atoms with Crippen molar-refractivity contribution in [2.75, 3.05) is 6.54 Å². The highest BCUT2D eigenvalue weighted by atomic mass is 32.2. The normalized spacial score (nSPS) is 17.1. The Morgan fingerprint density at radius 1 is 1.20 bits per heavy atom. The summed E-state index contributed by atoms with van der Waals surface area (Å²) in [5.41, 5.74) is 7.58. The summed E-state index contributed by atoms with van der Waals surface area (Å²) in [6.07, 6.45) is 4.52. The molecule has 0 amide bonds. The van der Waals surface area contributed by atoms with E-state index in [-0.39, 0.29) is 11.2 Å². The second-order valence-corrected chi connectivity index (χ2v) is 7.66. The van der Waals surface area contributed by atoms with Crippen molar-refractivity contribution in [3.05, 3.63) is 35.4 Å². The fourth-order valence-corrected chi connectivity index (χ4v) is 3.79. The lowest BCUT2D eigenvalue weighted by Crippen LogP contribution is -2.31. The minimum atomic E-state index is -3.25. The smallest absolute Gasteiger partial charge is 0.215 e. The lowest BCUT2D eigenvalue weighted by Gasteiger charge is -2.15. The van der Waals surface area contributed by atoms with Gasteiger partial charge in [0.1, 0.15) is 0 Å². The van der Waals surface area contributed by atoms with E-state index in [9.17, 15) is 8.42 Å². The predicted molar refractivity (Wildman–Crippen MR) is 81.5 cm³/mol. The average Bonchev–Trinajstić information content (AvgIpc) is 3.18. The van der Waals surface area contributed by atoms with Gasteiger partial charge in [-0.1, -0.05) is 37.6 Å². The first-order chi connectivity index (χ1) is 9.49. The lowest BCUT2D eigenvalue weighted by molar-refractivity contribution is 0.449. The van der Waals surface area contributed by atoms with Gasteiger partial charge in [0.05, 0.1) is 5.75 Å². The number of benzene rings is 1. The monoisotopic (exact) mass is 296 g/mol. The molecule has 20 heavy (non-hydrogen) atoms. The molecular weight excluding hydrogens is 272 g/mol. The largest absolute Gasteiger partial charge is 0.326 e. The molecule has 0 aromatic heterocycles. The van der Waals surface area contributed by atoms with Crippen LogP contribution in [0.4, 0.5) is 0 Å². The van der Waals surface area contributed by atoms with E-state index in [4.69, 9.17) is 5.73 Å². The first kappa shape index (κ1) is 15.5. The Morgan fingerprint density at radius 2 is 1.80 bits per heavy atom. The summed E-state index contributed by atoms with van der Waals surface area (Å²) >= 11 is 0. The minimum absolute atomic E-state index is 0.0417. The molecule has 0 heterocycles. The van der Waals surface area contributed by atoms with E-state index in [1.165, 1.54) is 0 Å². The van der Waals surface area contributed by atoms with Gasteiger partial charge in [0, 0.05) is 13.1 Å². The number of rotatable bonds is 8. The van der Waals surface area contributed by atoms with Crippen molar-refractivity contribution >= 4 is 10.0 Å². The van der Waals surface area contributed by atoms with Gasteiger partial charge in [0.25, 0.3) is 0 Å². The number of sulfonamides is 1. The third kappa shape index (κ3) is 4.30. The molecule has 3 N–H and O–H groups in total. The highest BCUT2D eigenvalue weighted by Gasteiger charge is 2.41. The van der Waals surface area contributed by atoms with E-state index in [2.05, 4.69) is 11.6 Å². The van der Waals surface area contributed by atoms with Crippen molar-refractivity contribution < 1.29 is 8.42 Å². The van der Waals surface area contributed by atoms with E-state index in [1.807, 2.05) is 24.3 Å². The fourth-order valence-electron chi connectivity index (χ4n) is 2.53. The van der Waals surface area contributed by atoms with Crippen LogP contribution in [0.2, 0.25) is 0 Å². The van der Waals surface area contributed by atoms with Crippen molar-refractivity contribution in [2.45, 2.75) is 44.9 Å². The van der Waals surface area contributed by atoms with Gasteiger partial charge < -0.3 is 5.73 Å².